The van der Waals surface area contributed by atoms with E-state index in [0.717, 1.165) is 0 Å². The van der Waals surface area contributed by atoms with Gasteiger partial charge in [0.2, 0.25) is 0 Å². The van der Waals surface area contributed by atoms with Crippen LogP contribution in [-0.2, 0) is 6.54 Å². The van der Waals surface area contributed by atoms with E-state index in [4.69, 9.17) is 16.7 Å². The standard InChI is InChI=1S/C12H10ClFN2O2/c1-7-9(12(17)18)5-15-16(7)6-8-2-3-10(13)11(14)4-8/h2-5H,6H2,1H3,(H,17,18). The van der Waals surface area contributed by atoms with E-state index in [1.54, 1.807) is 13.0 Å². The molecule has 0 fully saturated rings. The van der Waals surface area contributed by atoms with Crippen molar-refractivity contribution in [1.82, 2.24) is 9.78 Å². The van der Waals surface area contributed by atoms with Gasteiger partial charge in [-0.25, -0.2) is 9.18 Å². The summed E-state index contributed by atoms with van der Waals surface area (Å²) in [6, 6.07) is 4.44. The van der Waals surface area contributed by atoms with E-state index < -0.39 is 11.8 Å². The number of aromatic nitrogens is 2. The Morgan fingerprint density at radius 2 is 2.28 bits per heavy atom. The Labute approximate surface area is 108 Å². The van der Waals surface area contributed by atoms with Crippen molar-refractivity contribution in [2.45, 2.75) is 13.5 Å². The average Bonchev–Trinajstić information content (AvgIpc) is 2.66. The predicted molar refractivity (Wildman–Crippen MR) is 64.4 cm³/mol. The lowest BCUT2D eigenvalue weighted by atomic mass is 10.2. The monoisotopic (exact) mass is 268 g/mol. The average molecular weight is 269 g/mol. The number of carbonyl (C=O) groups is 1. The number of aromatic carboxylic acids is 1. The van der Waals surface area contributed by atoms with E-state index in [0.29, 0.717) is 17.8 Å². The summed E-state index contributed by atoms with van der Waals surface area (Å²) >= 11 is 5.59. The van der Waals surface area contributed by atoms with E-state index >= 15 is 0 Å². The summed E-state index contributed by atoms with van der Waals surface area (Å²) in [5.41, 5.74) is 1.34. The molecule has 6 heteroatoms. The molecule has 0 spiro atoms. The predicted octanol–water partition coefficient (Wildman–Crippen LogP) is 2.73. The first-order chi connectivity index (χ1) is 8.49. The van der Waals surface area contributed by atoms with Crippen LogP contribution in [0.25, 0.3) is 0 Å². The molecule has 0 unspecified atom stereocenters. The van der Waals surface area contributed by atoms with Crippen molar-refractivity contribution >= 4 is 17.6 Å². The second kappa shape index (κ2) is 4.78. The van der Waals surface area contributed by atoms with Crippen molar-refractivity contribution in [3.05, 3.63) is 52.1 Å². The lowest BCUT2D eigenvalue weighted by Gasteiger charge is -2.05. The van der Waals surface area contributed by atoms with E-state index in [9.17, 15) is 9.18 Å². The number of rotatable bonds is 3. The number of halogens is 2. The summed E-state index contributed by atoms with van der Waals surface area (Å²) in [6.07, 6.45) is 1.28. The van der Waals surface area contributed by atoms with Crippen LogP contribution < -0.4 is 0 Å². The molecule has 0 aliphatic carbocycles. The van der Waals surface area contributed by atoms with Gasteiger partial charge in [0, 0.05) is 0 Å². The number of nitrogens with zero attached hydrogens (tertiary/aromatic N) is 2. The highest BCUT2D eigenvalue weighted by Gasteiger charge is 2.13. The van der Waals surface area contributed by atoms with Gasteiger partial charge in [0.05, 0.1) is 23.5 Å². The smallest absolute Gasteiger partial charge is 0.339 e. The summed E-state index contributed by atoms with van der Waals surface area (Å²) in [5.74, 6) is -1.53. The van der Waals surface area contributed by atoms with Crippen LogP contribution in [0.5, 0.6) is 0 Å². The Bertz CT molecular complexity index is 610. The number of benzene rings is 1. The molecule has 0 aliphatic heterocycles. The summed E-state index contributed by atoms with van der Waals surface area (Å²) in [7, 11) is 0. The number of hydrogen-bond donors (Lipinski definition) is 1. The fraction of sp³-hybridized carbons (Fsp3) is 0.167. The van der Waals surface area contributed by atoms with E-state index in [-0.39, 0.29) is 10.6 Å². The first-order valence-corrected chi connectivity index (χ1v) is 5.56. The minimum atomic E-state index is -1.03. The topological polar surface area (TPSA) is 55.1 Å². The summed E-state index contributed by atoms with van der Waals surface area (Å²) in [6.45, 7) is 1.95. The molecule has 0 aliphatic rings. The molecule has 1 heterocycles. The van der Waals surface area contributed by atoms with Crippen LogP contribution in [0.4, 0.5) is 4.39 Å². The first kappa shape index (κ1) is 12.6. The van der Waals surface area contributed by atoms with Crippen LogP contribution in [-0.4, -0.2) is 20.9 Å². The summed E-state index contributed by atoms with van der Waals surface area (Å²) in [5, 5.41) is 12.9. The van der Waals surface area contributed by atoms with Crippen molar-refractivity contribution in [1.29, 1.82) is 0 Å². The van der Waals surface area contributed by atoms with Crippen LogP contribution in [0.1, 0.15) is 21.6 Å². The number of hydrogen-bond acceptors (Lipinski definition) is 2. The molecule has 0 amide bonds. The quantitative estimate of drug-likeness (QED) is 0.931. The van der Waals surface area contributed by atoms with E-state index in [1.165, 1.54) is 23.0 Å². The van der Waals surface area contributed by atoms with Gasteiger partial charge in [-0.05, 0) is 24.6 Å². The molecule has 0 atom stereocenters. The minimum Gasteiger partial charge on any atom is -0.478 e. The number of carboxylic acids is 1. The zero-order valence-electron chi connectivity index (χ0n) is 9.52. The summed E-state index contributed by atoms with van der Waals surface area (Å²) in [4.78, 5) is 10.9. The van der Waals surface area contributed by atoms with Gasteiger partial charge in [0.25, 0.3) is 0 Å². The molecule has 0 bridgehead atoms. The molecular formula is C12H10ClFN2O2. The van der Waals surface area contributed by atoms with Gasteiger partial charge in [0.1, 0.15) is 11.4 Å². The third-order valence-corrected chi connectivity index (χ3v) is 2.96. The fourth-order valence-corrected chi connectivity index (χ4v) is 1.74. The third kappa shape index (κ3) is 2.36. The molecule has 1 aromatic carbocycles. The third-order valence-electron chi connectivity index (χ3n) is 2.65. The van der Waals surface area contributed by atoms with Crippen LogP contribution in [0.2, 0.25) is 5.02 Å². The molecule has 0 radical (unpaired) electrons. The van der Waals surface area contributed by atoms with E-state index in [2.05, 4.69) is 5.10 Å². The molecule has 0 saturated heterocycles. The van der Waals surface area contributed by atoms with Crippen LogP contribution in [0.3, 0.4) is 0 Å². The highest BCUT2D eigenvalue weighted by atomic mass is 35.5. The Hall–Kier alpha value is -1.88. The SMILES string of the molecule is Cc1c(C(=O)O)cnn1Cc1ccc(Cl)c(F)c1. The van der Waals surface area contributed by atoms with Gasteiger partial charge in [-0.1, -0.05) is 17.7 Å². The first-order valence-electron chi connectivity index (χ1n) is 5.18. The Morgan fingerprint density at radius 3 is 2.83 bits per heavy atom. The number of carboxylic acid groups (broad SMARTS) is 1. The van der Waals surface area contributed by atoms with Crippen molar-refractivity contribution in [3.63, 3.8) is 0 Å². The molecule has 1 aromatic heterocycles. The molecule has 94 valence electrons. The zero-order valence-corrected chi connectivity index (χ0v) is 10.3. The Morgan fingerprint density at radius 1 is 1.56 bits per heavy atom. The van der Waals surface area contributed by atoms with E-state index in [1.807, 2.05) is 0 Å². The van der Waals surface area contributed by atoms with Crippen molar-refractivity contribution in [2.75, 3.05) is 0 Å². The molecule has 4 nitrogen and oxygen atoms in total. The second-order valence-electron chi connectivity index (χ2n) is 3.85. The molecular weight excluding hydrogens is 259 g/mol. The Kier molecular flexibility index (Phi) is 3.34. The summed E-state index contributed by atoms with van der Waals surface area (Å²) < 4.78 is 14.8. The van der Waals surface area contributed by atoms with Crippen LogP contribution in [0.15, 0.2) is 24.4 Å². The maximum Gasteiger partial charge on any atom is 0.339 e. The molecule has 1 N–H and O–H groups in total. The van der Waals surface area contributed by atoms with Crippen LogP contribution in [0, 0.1) is 12.7 Å². The molecule has 0 saturated carbocycles. The lowest BCUT2D eigenvalue weighted by Crippen LogP contribution is -2.06. The second-order valence-corrected chi connectivity index (χ2v) is 4.26. The van der Waals surface area contributed by atoms with Gasteiger partial charge in [0.15, 0.2) is 0 Å². The van der Waals surface area contributed by atoms with Gasteiger partial charge in [-0.15, -0.1) is 0 Å². The fourth-order valence-electron chi connectivity index (χ4n) is 1.63. The van der Waals surface area contributed by atoms with Gasteiger partial charge < -0.3 is 5.11 Å². The van der Waals surface area contributed by atoms with Crippen LogP contribution >= 0.6 is 11.6 Å². The lowest BCUT2D eigenvalue weighted by molar-refractivity contribution is 0.0696. The molecule has 2 aromatic rings. The van der Waals surface area contributed by atoms with Crippen molar-refractivity contribution in [3.8, 4) is 0 Å². The highest BCUT2D eigenvalue weighted by Crippen LogP contribution is 2.17. The van der Waals surface area contributed by atoms with Gasteiger partial charge in [-0.2, -0.15) is 5.10 Å². The van der Waals surface area contributed by atoms with Crippen molar-refractivity contribution < 1.29 is 14.3 Å². The Balaban J connectivity index is 2.29. The van der Waals surface area contributed by atoms with Gasteiger partial charge >= 0.3 is 5.97 Å². The highest BCUT2D eigenvalue weighted by molar-refractivity contribution is 6.30. The minimum absolute atomic E-state index is 0.0576. The zero-order chi connectivity index (χ0) is 13.3. The largest absolute Gasteiger partial charge is 0.478 e. The molecule has 18 heavy (non-hydrogen) atoms. The maximum atomic E-state index is 13.3. The van der Waals surface area contributed by atoms with Gasteiger partial charge in [-0.3, -0.25) is 4.68 Å². The molecule has 2 rings (SSSR count). The normalized spacial score (nSPS) is 10.6. The maximum absolute atomic E-state index is 13.3. The van der Waals surface area contributed by atoms with Crippen molar-refractivity contribution in [2.24, 2.45) is 0 Å².